The first-order valence-electron chi connectivity index (χ1n) is 7.19. The number of benzene rings is 1. The average molecular weight is 297 g/mol. The molecular formula is C16H15N3O3. The highest BCUT2D eigenvalue weighted by Gasteiger charge is 2.55. The van der Waals surface area contributed by atoms with Gasteiger partial charge < -0.3 is 4.42 Å². The summed E-state index contributed by atoms with van der Waals surface area (Å²) in [6.45, 7) is 0.542. The Morgan fingerprint density at radius 2 is 1.86 bits per heavy atom. The Hall–Kier alpha value is -2.44. The van der Waals surface area contributed by atoms with E-state index in [4.69, 9.17) is 4.42 Å². The summed E-state index contributed by atoms with van der Waals surface area (Å²) < 4.78 is 5.43. The normalized spacial score (nSPS) is 27.9. The number of fused-ring (bicyclic) bond motifs is 1. The molecule has 2 N–H and O–H groups in total. The van der Waals surface area contributed by atoms with Crippen molar-refractivity contribution >= 4 is 11.8 Å². The predicted molar refractivity (Wildman–Crippen MR) is 77.0 cm³/mol. The van der Waals surface area contributed by atoms with Crippen LogP contribution in [0.15, 0.2) is 53.1 Å². The van der Waals surface area contributed by atoms with Crippen LogP contribution in [0.5, 0.6) is 0 Å². The molecule has 6 nitrogen and oxygen atoms in total. The Labute approximate surface area is 127 Å². The quantitative estimate of drug-likeness (QED) is 0.826. The van der Waals surface area contributed by atoms with Gasteiger partial charge in [-0.05, 0) is 17.7 Å². The van der Waals surface area contributed by atoms with Crippen LogP contribution in [0.25, 0.3) is 0 Å². The molecule has 2 fully saturated rings. The van der Waals surface area contributed by atoms with E-state index in [2.05, 4.69) is 10.7 Å². The van der Waals surface area contributed by atoms with Gasteiger partial charge in [0.2, 0.25) is 11.8 Å². The Morgan fingerprint density at radius 1 is 1.05 bits per heavy atom. The van der Waals surface area contributed by atoms with Crippen molar-refractivity contribution in [1.82, 2.24) is 15.8 Å². The van der Waals surface area contributed by atoms with Crippen LogP contribution < -0.4 is 10.7 Å². The number of hydrogen-bond donors (Lipinski definition) is 2. The van der Waals surface area contributed by atoms with Crippen molar-refractivity contribution in [3.8, 4) is 0 Å². The van der Waals surface area contributed by atoms with Gasteiger partial charge in [0.25, 0.3) is 0 Å². The lowest BCUT2D eigenvalue weighted by Gasteiger charge is -2.21. The van der Waals surface area contributed by atoms with Crippen LogP contribution in [0.4, 0.5) is 0 Å². The van der Waals surface area contributed by atoms with Crippen molar-refractivity contribution < 1.29 is 14.0 Å². The number of nitrogens with one attached hydrogen (secondary N) is 2. The van der Waals surface area contributed by atoms with Crippen LogP contribution in [0, 0.1) is 5.92 Å². The van der Waals surface area contributed by atoms with E-state index in [1.165, 1.54) is 0 Å². The zero-order valence-electron chi connectivity index (χ0n) is 11.7. The highest BCUT2D eigenvalue weighted by Crippen LogP contribution is 2.37. The summed E-state index contributed by atoms with van der Waals surface area (Å²) in [5, 5.41) is 4.25. The number of carbonyl (C=O) groups is 2. The molecule has 0 radical (unpaired) electrons. The van der Waals surface area contributed by atoms with Crippen LogP contribution in [-0.2, 0) is 16.1 Å². The lowest BCUT2D eigenvalue weighted by Crippen LogP contribution is -2.43. The lowest BCUT2D eigenvalue weighted by molar-refractivity contribution is -0.127. The number of rotatable bonds is 3. The molecule has 112 valence electrons. The fraction of sp³-hybridized carbons (Fsp3) is 0.250. The summed E-state index contributed by atoms with van der Waals surface area (Å²) in [6, 6.07) is 12.6. The number of amides is 2. The number of furan rings is 1. The van der Waals surface area contributed by atoms with Crippen LogP contribution >= 0.6 is 0 Å². The van der Waals surface area contributed by atoms with Crippen LogP contribution in [0.2, 0.25) is 0 Å². The third-order valence-electron chi connectivity index (χ3n) is 4.20. The highest BCUT2D eigenvalue weighted by molar-refractivity contribution is 6.07. The molecular weight excluding hydrogens is 282 g/mol. The van der Waals surface area contributed by atoms with Crippen molar-refractivity contribution in [3.05, 3.63) is 60.1 Å². The second-order valence-corrected chi connectivity index (χ2v) is 5.56. The van der Waals surface area contributed by atoms with Gasteiger partial charge in [0.15, 0.2) is 0 Å². The molecule has 2 saturated heterocycles. The smallest absolute Gasteiger partial charge is 0.246 e. The summed E-state index contributed by atoms with van der Waals surface area (Å²) >= 11 is 0. The second-order valence-electron chi connectivity index (χ2n) is 5.56. The lowest BCUT2D eigenvalue weighted by atomic mass is 9.94. The number of nitrogens with zero attached hydrogens (tertiary/aromatic N) is 1. The van der Waals surface area contributed by atoms with Crippen molar-refractivity contribution in [2.24, 2.45) is 5.92 Å². The first-order chi connectivity index (χ1) is 10.7. The van der Waals surface area contributed by atoms with Crippen LogP contribution in [-0.4, -0.2) is 22.9 Å². The minimum absolute atomic E-state index is 0.250. The Kier molecular flexibility index (Phi) is 3.06. The maximum absolute atomic E-state index is 12.1. The molecule has 4 rings (SSSR count). The van der Waals surface area contributed by atoms with Gasteiger partial charge in [-0.15, -0.1) is 0 Å². The summed E-state index contributed by atoms with van der Waals surface area (Å²) in [6.07, 6.45) is 1.57. The molecule has 2 amide bonds. The molecule has 0 saturated carbocycles. The molecule has 1 aromatic carbocycles. The minimum atomic E-state index is -0.511. The highest BCUT2D eigenvalue weighted by atomic mass is 16.3. The van der Waals surface area contributed by atoms with Gasteiger partial charge in [-0.3, -0.25) is 14.9 Å². The Balaban J connectivity index is 1.65. The Morgan fingerprint density at radius 3 is 2.59 bits per heavy atom. The SMILES string of the molecule is O=C1NC(=O)[C@H]2[C@H]1[C@@H](c1ccco1)NN2Cc1ccccc1. The Bertz CT molecular complexity index is 699. The summed E-state index contributed by atoms with van der Waals surface area (Å²) in [4.78, 5) is 24.3. The van der Waals surface area contributed by atoms with E-state index in [0.29, 0.717) is 12.3 Å². The van der Waals surface area contributed by atoms with Gasteiger partial charge in [-0.2, -0.15) is 0 Å². The van der Waals surface area contributed by atoms with E-state index < -0.39 is 12.0 Å². The van der Waals surface area contributed by atoms with E-state index in [0.717, 1.165) is 5.56 Å². The van der Waals surface area contributed by atoms with E-state index in [1.807, 2.05) is 41.4 Å². The average Bonchev–Trinajstić information content (AvgIpc) is 3.20. The molecule has 1 aromatic heterocycles. The van der Waals surface area contributed by atoms with Crippen LogP contribution in [0.3, 0.4) is 0 Å². The minimum Gasteiger partial charge on any atom is -0.468 e. The van der Waals surface area contributed by atoms with Gasteiger partial charge >= 0.3 is 0 Å². The molecule has 0 aliphatic carbocycles. The monoisotopic (exact) mass is 297 g/mol. The van der Waals surface area contributed by atoms with Crippen molar-refractivity contribution in [1.29, 1.82) is 0 Å². The number of imide groups is 1. The van der Waals surface area contributed by atoms with Crippen molar-refractivity contribution in [2.75, 3.05) is 0 Å². The fourth-order valence-corrected chi connectivity index (χ4v) is 3.23. The molecule has 22 heavy (non-hydrogen) atoms. The first kappa shape index (κ1) is 13.2. The van der Waals surface area contributed by atoms with E-state index >= 15 is 0 Å². The van der Waals surface area contributed by atoms with Gasteiger partial charge in [-0.25, -0.2) is 10.4 Å². The number of hydrogen-bond acceptors (Lipinski definition) is 5. The molecule has 3 heterocycles. The molecule has 2 aliphatic rings. The van der Waals surface area contributed by atoms with Crippen molar-refractivity contribution in [3.63, 3.8) is 0 Å². The maximum Gasteiger partial charge on any atom is 0.246 e. The standard InChI is InChI=1S/C16H15N3O3/c20-15-12-13(11-7-4-8-22-11)18-19(14(12)16(21)17-15)9-10-5-2-1-3-6-10/h1-8,12-14,18H,9H2,(H,17,20,21)/t12-,13-,14-/m1/s1. The molecule has 0 spiro atoms. The first-order valence-corrected chi connectivity index (χ1v) is 7.19. The zero-order valence-corrected chi connectivity index (χ0v) is 11.7. The molecule has 6 heteroatoms. The largest absolute Gasteiger partial charge is 0.468 e. The maximum atomic E-state index is 12.1. The molecule has 0 bridgehead atoms. The van der Waals surface area contributed by atoms with E-state index in [1.54, 1.807) is 12.3 Å². The van der Waals surface area contributed by atoms with Gasteiger partial charge in [0, 0.05) is 6.54 Å². The van der Waals surface area contributed by atoms with Crippen molar-refractivity contribution in [2.45, 2.75) is 18.6 Å². The second kappa shape index (κ2) is 5.08. The summed E-state index contributed by atoms with van der Waals surface area (Å²) in [7, 11) is 0. The van der Waals surface area contributed by atoms with Gasteiger partial charge in [0.1, 0.15) is 11.8 Å². The third-order valence-corrected chi connectivity index (χ3v) is 4.20. The van der Waals surface area contributed by atoms with E-state index in [-0.39, 0.29) is 17.9 Å². The molecule has 2 aromatic rings. The van der Waals surface area contributed by atoms with Gasteiger partial charge in [0.05, 0.1) is 18.2 Å². The molecule has 3 atom stereocenters. The topological polar surface area (TPSA) is 74.6 Å². The number of carbonyl (C=O) groups excluding carboxylic acids is 2. The zero-order chi connectivity index (χ0) is 15.1. The fourth-order valence-electron chi connectivity index (χ4n) is 3.23. The summed E-state index contributed by atoms with van der Waals surface area (Å²) in [5.74, 6) is -0.315. The van der Waals surface area contributed by atoms with Gasteiger partial charge in [-0.1, -0.05) is 30.3 Å². The van der Waals surface area contributed by atoms with E-state index in [9.17, 15) is 9.59 Å². The third kappa shape index (κ3) is 2.04. The molecule has 0 unspecified atom stereocenters. The molecule has 2 aliphatic heterocycles. The predicted octanol–water partition coefficient (Wildman–Crippen LogP) is 0.982. The van der Waals surface area contributed by atoms with Crippen LogP contribution in [0.1, 0.15) is 17.4 Å². The summed E-state index contributed by atoms with van der Waals surface area (Å²) in [5.41, 5.74) is 4.33. The number of hydrazine groups is 1.